The molecule has 0 spiro atoms. The zero-order valence-corrected chi connectivity index (χ0v) is 12.8. The van der Waals surface area contributed by atoms with E-state index in [0.29, 0.717) is 23.2 Å². The summed E-state index contributed by atoms with van der Waals surface area (Å²) in [6, 6.07) is 6.95. The van der Waals surface area contributed by atoms with Crippen molar-refractivity contribution in [3.63, 3.8) is 0 Å². The van der Waals surface area contributed by atoms with Crippen LogP contribution in [0.2, 0.25) is 5.02 Å². The average molecular weight is 316 g/mol. The number of alkyl halides is 1. The zero-order chi connectivity index (χ0) is 14.4. The summed E-state index contributed by atoms with van der Waals surface area (Å²) >= 11 is 12.0. The van der Waals surface area contributed by atoms with Gasteiger partial charge in [0.1, 0.15) is 5.75 Å². The van der Waals surface area contributed by atoms with Crippen molar-refractivity contribution in [1.82, 2.24) is 5.32 Å². The van der Waals surface area contributed by atoms with Gasteiger partial charge in [0, 0.05) is 16.9 Å². The van der Waals surface area contributed by atoms with Crippen LogP contribution in [-0.4, -0.2) is 24.4 Å². The smallest absolute Gasteiger partial charge is 0.257 e. The van der Waals surface area contributed by atoms with Gasteiger partial charge in [0.2, 0.25) is 0 Å². The van der Waals surface area contributed by atoms with Gasteiger partial charge in [0.15, 0.2) is 6.61 Å². The van der Waals surface area contributed by atoms with Crippen LogP contribution in [0.4, 0.5) is 0 Å². The fourth-order valence-corrected chi connectivity index (χ4v) is 2.86. The maximum atomic E-state index is 11.7. The molecule has 0 aromatic heterocycles. The minimum absolute atomic E-state index is 0.0152. The van der Waals surface area contributed by atoms with Crippen LogP contribution in [0.15, 0.2) is 24.3 Å². The van der Waals surface area contributed by atoms with Crippen LogP contribution in [0, 0.1) is 5.92 Å². The second-order valence-electron chi connectivity index (χ2n) is 5.11. The first-order valence-electron chi connectivity index (χ1n) is 6.94. The number of carbonyl (C=O) groups is 1. The molecule has 0 aliphatic heterocycles. The van der Waals surface area contributed by atoms with Gasteiger partial charge in [-0.2, -0.15) is 0 Å². The fraction of sp³-hybridized carbons (Fsp3) is 0.533. The van der Waals surface area contributed by atoms with Gasteiger partial charge >= 0.3 is 0 Å². The Hall–Kier alpha value is -0.930. The lowest BCUT2D eigenvalue weighted by atomic mass is 9.89. The van der Waals surface area contributed by atoms with Crippen molar-refractivity contribution >= 4 is 29.1 Å². The molecular weight excluding hydrogens is 297 g/mol. The predicted molar refractivity (Wildman–Crippen MR) is 81.6 cm³/mol. The summed E-state index contributed by atoms with van der Waals surface area (Å²) in [6.45, 7) is 0.651. The van der Waals surface area contributed by atoms with Crippen molar-refractivity contribution in [3.8, 4) is 5.75 Å². The normalized spacial score (nSPS) is 22.3. The maximum absolute atomic E-state index is 11.7. The van der Waals surface area contributed by atoms with Crippen LogP contribution in [0.1, 0.15) is 25.7 Å². The second kappa shape index (κ2) is 7.75. The molecule has 1 N–H and O–H groups in total. The van der Waals surface area contributed by atoms with Gasteiger partial charge < -0.3 is 10.1 Å². The monoisotopic (exact) mass is 315 g/mol. The van der Waals surface area contributed by atoms with Gasteiger partial charge in [0.05, 0.1) is 0 Å². The molecule has 1 aliphatic rings. The average Bonchev–Trinajstić information content (AvgIpc) is 2.46. The number of halogens is 2. The first-order valence-corrected chi connectivity index (χ1v) is 7.76. The summed E-state index contributed by atoms with van der Waals surface area (Å²) in [5.41, 5.74) is 0. The standard InChI is InChI=1S/C15H19Cl2NO2/c16-12-5-7-13(8-6-12)20-10-15(19)18-9-11-3-1-2-4-14(11)17/h5-8,11,14H,1-4,9-10H2,(H,18,19). The second-order valence-corrected chi connectivity index (χ2v) is 6.10. The van der Waals surface area contributed by atoms with E-state index in [2.05, 4.69) is 5.32 Å². The highest BCUT2D eigenvalue weighted by Gasteiger charge is 2.23. The van der Waals surface area contributed by atoms with Crippen LogP contribution in [0.25, 0.3) is 0 Å². The number of rotatable bonds is 5. The molecule has 1 aromatic carbocycles. The van der Waals surface area contributed by atoms with Gasteiger partial charge in [-0.15, -0.1) is 11.6 Å². The molecule has 5 heteroatoms. The third-order valence-corrected chi connectivity index (χ3v) is 4.39. The first-order chi connectivity index (χ1) is 9.65. The lowest BCUT2D eigenvalue weighted by Gasteiger charge is -2.27. The Bertz CT molecular complexity index is 436. The topological polar surface area (TPSA) is 38.3 Å². The number of ether oxygens (including phenoxy) is 1. The van der Waals surface area contributed by atoms with Crippen molar-refractivity contribution in [1.29, 1.82) is 0 Å². The van der Waals surface area contributed by atoms with E-state index in [-0.39, 0.29) is 17.9 Å². The number of carbonyl (C=O) groups excluding carboxylic acids is 1. The maximum Gasteiger partial charge on any atom is 0.257 e. The molecule has 2 rings (SSSR count). The third kappa shape index (κ3) is 4.88. The Morgan fingerprint density at radius 2 is 1.95 bits per heavy atom. The van der Waals surface area contributed by atoms with Gasteiger partial charge in [-0.3, -0.25) is 4.79 Å². The van der Waals surface area contributed by atoms with Gasteiger partial charge in [0.25, 0.3) is 5.91 Å². The number of nitrogens with one attached hydrogen (secondary N) is 1. The van der Waals surface area contributed by atoms with E-state index in [0.717, 1.165) is 12.8 Å². The Kier molecular flexibility index (Phi) is 5.99. The highest BCUT2D eigenvalue weighted by molar-refractivity contribution is 6.30. The van der Waals surface area contributed by atoms with Crippen molar-refractivity contribution < 1.29 is 9.53 Å². The minimum Gasteiger partial charge on any atom is -0.484 e. The summed E-state index contributed by atoms with van der Waals surface area (Å²) in [5.74, 6) is 0.900. The van der Waals surface area contributed by atoms with Crippen LogP contribution in [0.3, 0.4) is 0 Å². The Morgan fingerprint density at radius 3 is 2.65 bits per heavy atom. The molecule has 20 heavy (non-hydrogen) atoms. The SMILES string of the molecule is O=C(COc1ccc(Cl)cc1)NCC1CCCCC1Cl. The molecule has 0 saturated heterocycles. The summed E-state index contributed by atoms with van der Waals surface area (Å²) in [6.07, 6.45) is 4.53. The van der Waals surface area contributed by atoms with Gasteiger partial charge in [-0.05, 0) is 43.0 Å². The molecule has 1 amide bonds. The highest BCUT2D eigenvalue weighted by atomic mass is 35.5. The van der Waals surface area contributed by atoms with E-state index in [1.165, 1.54) is 12.8 Å². The zero-order valence-electron chi connectivity index (χ0n) is 11.3. The summed E-state index contributed by atoms with van der Waals surface area (Å²) in [4.78, 5) is 11.7. The molecule has 1 fully saturated rings. The quantitative estimate of drug-likeness (QED) is 0.843. The van der Waals surface area contributed by atoms with E-state index < -0.39 is 0 Å². The van der Waals surface area contributed by atoms with Gasteiger partial charge in [-0.25, -0.2) is 0 Å². The van der Waals surface area contributed by atoms with E-state index in [1.807, 2.05) is 0 Å². The highest BCUT2D eigenvalue weighted by Crippen LogP contribution is 2.27. The molecule has 0 heterocycles. The van der Waals surface area contributed by atoms with Crippen molar-refractivity contribution in [2.45, 2.75) is 31.1 Å². The van der Waals surface area contributed by atoms with E-state index in [9.17, 15) is 4.79 Å². The number of amides is 1. The molecule has 2 unspecified atom stereocenters. The van der Waals surface area contributed by atoms with Crippen LogP contribution < -0.4 is 10.1 Å². The lowest BCUT2D eigenvalue weighted by molar-refractivity contribution is -0.123. The van der Waals surface area contributed by atoms with E-state index >= 15 is 0 Å². The fourth-order valence-electron chi connectivity index (χ4n) is 2.37. The van der Waals surface area contributed by atoms with Crippen molar-refractivity contribution in [3.05, 3.63) is 29.3 Å². The summed E-state index contributed by atoms with van der Waals surface area (Å²) in [5, 5.41) is 3.72. The Labute approximate surface area is 129 Å². The number of hydrogen-bond donors (Lipinski definition) is 1. The summed E-state index contributed by atoms with van der Waals surface area (Å²) < 4.78 is 5.39. The Morgan fingerprint density at radius 1 is 1.25 bits per heavy atom. The largest absolute Gasteiger partial charge is 0.484 e. The van der Waals surface area contributed by atoms with Crippen LogP contribution >= 0.6 is 23.2 Å². The lowest BCUT2D eigenvalue weighted by Crippen LogP contribution is -2.37. The molecule has 2 atom stereocenters. The van der Waals surface area contributed by atoms with Gasteiger partial charge in [-0.1, -0.05) is 24.4 Å². The molecule has 1 aromatic rings. The van der Waals surface area contributed by atoms with Crippen LogP contribution in [-0.2, 0) is 4.79 Å². The molecule has 1 saturated carbocycles. The molecule has 110 valence electrons. The van der Waals surface area contributed by atoms with Crippen molar-refractivity contribution in [2.75, 3.05) is 13.2 Å². The minimum atomic E-state index is -0.116. The van der Waals surface area contributed by atoms with E-state index in [1.54, 1.807) is 24.3 Å². The van der Waals surface area contributed by atoms with E-state index in [4.69, 9.17) is 27.9 Å². The predicted octanol–water partition coefficient (Wildman–Crippen LogP) is 3.63. The number of hydrogen-bond acceptors (Lipinski definition) is 2. The molecule has 0 bridgehead atoms. The molecule has 1 aliphatic carbocycles. The number of benzene rings is 1. The molecular formula is C15H19Cl2NO2. The summed E-state index contributed by atoms with van der Waals surface area (Å²) in [7, 11) is 0. The molecule has 0 radical (unpaired) electrons. The van der Waals surface area contributed by atoms with Crippen LogP contribution in [0.5, 0.6) is 5.75 Å². The third-order valence-electron chi connectivity index (χ3n) is 3.56. The first kappa shape index (κ1) is 15.5. The Balaban J connectivity index is 1.68. The molecule has 3 nitrogen and oxygen atoms in total. The van der Waals surface area contributed by atoms with Crippen molar-refractivity contribution in [2.24, 2.45) is 5.92 Å².